The van der Waals surface area contributed by atoms with Crippen LogP contribution in [-0.4, -0.2) is 24.8 Å². The number of hydrogen-bond acceptors (Lipinski definition) is 3. The molecule has 0 saturated carbocycles. The summed E-state index contributed by atoms with van der Waals surface area (Å²) < 4.78 is 11.1. The highest BCUT2D eigenvalue weighted by atomic mass is 79.9. The fourth-order valence-corrected chi connectivity index (χ4v) is 3.18. The van der Waals surface area contributed by atoms with Gasteiger partial charge in [0, 0.05) is 11.8 Å². The quantitative estimate of drug-likeness (QED) is 0.347. The molecule has 1 aromatic rings. The molecule has 1 aromatic carbocycles. The SMILES string of the molecule is C=CC(=O)C1(c2ccc(OCCCCBr)cc2)C=CC=C(OC)C1. The van der Waals surface area contributed by atoms with Crippen LogP contribution in [0.15, 0.2) is 60.9 Å². The molecule has 0 heterocycles. The van der Waals surface area contributed by atoms with Crippen LogP contribution in [-0.2, 0) is 14.9 Å². The van der Waals surface area contributed by atoms with Gasteiger partial charge in [0.05, 0.1) is 24.9 Å². The molecule has 0 amide bonds. The van der Waals surface area contributed by atoms with Gasteiger partial charge in [-0.25, -0.2) is 0 Å². The summed E-state index contributed by atoms with van der Waals surface area (Å²) in [7, 11) is 1.62. The van der Waals surface area contributed by atoms with Crippen LogP contribution in [0, 0.1) is 0 Å². The first-order chi connectivity index (χ1) is 11.7. The highest BCUT2D eigenvalue weighted by Gasteiger charge is 2.38. The Hall–Kier alpha value is -1.81. The number of rotatable bonds is 9. The predicted molar refractivity (Wildman–Crippen MR) is 101 cm³/mol. The normalized spacial score (nSPS) is 19.5. The Kier molecular flexibility index (Phi) is 6.85. The van der Waals surface area contributed by atoms with Gasteiger partial charge in [-0.2, -0.15) is 0 Å². The number of allylic oxidation sites excluding steroid dienone is 5. The molecular weight excluding hydrogens is 368 g/mol. The van der Waals surface area contributed by atoms with E-state index >= 15 is 0 Å². The lowest BCUT2D eigenvalue weighted by Crippen LogP contribution is -2.34. The zero-order chi connectivity index (χ0) is 17.4. The monoisotopic (exact) mass is 390 g/mol. The Morgan fingerprint density at radius 2 is 2.08 bits per heavy atom. The number of ether oxygens (including phenoxy) is 2. The van der Waals surface area contributed by atoms with Crippen molar-refractivity contribution in [3.63, 3.8) is 0 Å². The van der Waals surface area contributed by atoms with Crippen LogP contribution < -0.4 is 4.74 Å². The molecule has 24 heavy (non-hydrogen) atoms. The van der Waals surface area contributed by atoms with Crippen molar-refractivity contribution in [1.82, 2.24) is 0 Å². The molecule has 2 rings (SSSR count). The average Bonchev–Trinajstić information content (AvgIpc) is 2.65. The number of unbranched alkanes of at least 4 members (excludes halogenated alkanes) is 1. The van der Waals surface area contributed by atoms with Crippen molar-refractivity contribution >= 4 is 21.7 Å². The third-order valence-electron chi connectivity index (χ3n) is 4.17. The maximum atomic E-state index is 12.6. The molecule has 0 N–H and O–H groups in total. The minimum absolute atomic E-state index is 0.0348. The van der Waals surface area contributed by atoms with Crippen LogP contribution in [0.3, 0.4) is 0 Å². The number of carbonyl (C=O) groups is 1. The molecule has 1 aliphatic rings. The summed E-state index contributed by atoms with van der Waals surface area (Å²) in [5, 5.41) is 0.989. The van der Waals surface area contributed by atoms with Crippen molar-refractivity contribution in [1.29, 1.82) is 0 Å². The van der Waals surface area contributed by atoms with E-state index in [1.54, 1.807) is 7.11 Å². The van der Waals surface area contributed by atoms with E-state index in [0.29, 0.717) is 13.0 Å². The number of hydrogen-bond donors (Lipinski definition) is 0. The molecule has 1 unspecified atom stereocenters. The molecule has 1 atom stereocenters. The molecule has 0 fully saturated rings. The van der Waals surface area contributed by atoms with Crippen molar-refractivity contribution in [2.75, 3.05) is 19.0 Å². The minimum atomic E-state index is -0.754. The first-order valence-electron chi connectivity index (χ1n) is 8.05. The van der Waals surface area contributed by atoms with Gasteiger partial charge in [0.25, 0.3) is 0 Å². The first kappa shape index (κ1) is 18.5. The standard InChI is InChI=1S/C20H23BrO3/c1-3-19(22)20(12-6-7-18(15-20)23-2)16-8-10-17(11-9-16)24-14-5-4-13-21/h3,6-12H,1,4-5,13-15H2,2H3. The number of halogens is 1. The number of ketones is 1. The highest BCUT2D eigenvalue weighted by Crippen LogP contribution is 2.37. The van der Waals surface area contributed by atoms with Crippen molar-refractivity contribution in [3.8, 4) is 5.75 Å². The smallest absolute Gasteiger partial charge is 0.169 e. The Bertz CT molecular complexity index is 631. The summed E-state index contributed by atoms with van der Waals surface area (Å²) in [6, 6.07) is 7.73. The third-order valence-corrected chi connectivity index (χ3v) is 4.73. The lowest BCUT2D eigenvalue weighted by molar-refractivity contribution is -0.118. The second-order valence-electron chi connectivity index (χ2n) is 5.68. The van der Waals surface area contributed by atoms with Crippen LogP contribution in [0.4, 0.5) is 0 Å². The van der Waals surface area contributed by atoms with Crippen LogP contribution >= 0.6 is 15.9 Å². The summed E-state index contributed by atoms with van der Waals surface area (Å²) in [5.74, 6) is 1.56. The van der Waals surface area contributed by atoms with Crippen LogP contribution in [0.25, 0.3) is 0 Å². The molecule has 1 aliphatic carbocycles. The van der Waals surface area contributed by atoms with Gasteiger partial charge in [0.2, 0.25) is 0 Å². The first-order valence-corrected chi connectivity index (χ1v) is 9.17. The van der Waals surface area contributed by atoms with Crippen molar-refractivity contribution in [2.45, 2.75) is 24.7 Å². The summed E-state index contributed by atoms with van der Waals surface area (Å²) in [4.78, 5) is 12.6. The fourth-order valence-electron chi connectivity index (χ4n) is 2.78. The van der Waals surface area contributed by atoms with E-state index in [0.717, 1.165) is 35.2 Å². The minimum Gasteiger partial charge on any atom is -0.501 e. The Morgan fingerprint density at radius 3 is 2.71 bits per heavy atom. The molecule has 0 bridgehead atoms. The summed E-state index contributed by atoms with van der Waals surface area (Å²) >= 11 is 3.41. The molecule has 0 saturated heterocycles. The van der Waals surface area contributed by atoms with E-state index in [1.807, 2.05) is 42.5 Å². The van der Waals surface area contributed by atoms with E-state index in [-0.39, 0.29) is 5.78 Å². The van der Waals surface area contributed by atoms with Gasteiger partial charge in [0.1, 0.15) is 5.75 Å². The lowest BCUT2D eigenvalue weighted by atomic mass is 9.71. The van der Waals surface area contributed by atoms with Gasteiger partial charge in [0.15, 0.2) is 5.78 Å². The Morgan fingerprint density at radius 1 is 1.33 bits per heavy atom. The van der Waals surface area contributed by atoms with Crippen molar-refractivity contribution in [3.05, 3.63) is 66.5 Å². The maximum absolute atomic E-state index is 12.6. The van der Waals surface area contributed by atoms with E-state index in [1.165, 1.54) is 6.08 Å². The second kappa shape index (κ2) is 8.88. The highest BCUT2D eigenvalue weighted by molar-refractivity contribution is 9.09. The second-order valence-corrected chi connectivity index (χ2v) is 6.47. The van der Waals surface area contributed by atoms with Crippen molar-refractivity contribution in [2.24, 2.45) is 0 Å². The summed E-state index contributed by atoms with van der Waals surface area (Å²) in [6.07, 6.45) is 9.66. The lowest BCUT2D eigenvalue weighted by Gasteiger charge is -2.31. The van der Waals surface area contributed by atoms with Gasteiger partial charge in [-0.3, -0.25) is 4.79 Å². The Balaban J connectivity index is 2.19. The largest absolute Gasteiger partial charge is 0.501 e. The van der Waals surface area contributed by atoms with Gasteiger partial charge < -0.3 is 9.47 Å². The average molecular weight is 391 g/mol. The molecule has 128 valence electrons. The maximum Gasteiger partial charge on any atom is 0.169 e. The summed E-state index contributed by atoms with van der Waals surface area (Å²) in [5.41, 5.74) is 0.162. The Labute approximate surface area is 152 Å². The van der Waals surface area contributed by atoms with Gasteiger partial charge in [-0.05, 0) is 42.7 Å². The van der Waals surface area contributed by atoms with Crippen LogP contribution in [0.5, 0.6) is 5.75 Å². The molecule has 0 spiro atoms. The molecule has 0 radical (unpaired) electrons. The van der Waals surface area contributed by atoms with Crippen LogP contribution in [0.2, 0.25) is 0 Å². The number of methoxy groups -OCH3 is 1. The topological polar surface area (TPSA) is 35.5 Å². The van der Waals surface area contributed by atoms with Gasteiger partial charge in [-0.15, -0.1) is 0 Å². The van der Waals surface area contributed by atoms with E-state index in [2.05, 4.69) is 22.5 Å². The molecule has 0 aromatic heterocycles. The zero-order valence-corrected chi connectivity index (χ0v) is 15.6. The summed E-state index contributed by atoms with van der Waals surface area (Å²) in [6.45, 7) is 4.35. The van der Waals surface area contributed by atoms with Gasteiger partial charge >= 0.3 is 0 Å². The molecular formula is C20H23BrO3. The van der Waals surface area contributed by atoms with E-state index < -0.39 is 5.41 Å². The van der Waals surface area contributed by atoms with Gasteiger partial charge in [-0.1, -0.05) is 46.8 Å². The van der Waals surface area contributed by atoms with Crippen LogP contribution in [0.1, 0.15) is 24.8 Å². The fraction of sp³-hybridized carbons (Fsp3) is 0.350. The third kappa shape index (κ3) is 4.18. The van der Waals surface area contributed by atoms with E-state index in [4.69, 9.17) is 9.47 Å². The molecule has 4 heteroatoms. The number of alkyl halides is 1. The molecule has 0 aliphatic heterocycles. The zero-order valence-electron chi connectivity index (χ0n) is 14.0. The number of carbonyl (C=O) groups excluding carboxylic acids is 1. The van der Waals surface area contributed by atoms with Crippen molar-refractivity contribution < 1.29 is 14.3 Å². The predicted octanol–water partition coefficient (Wildman–Crippen LogP) is 4.72. The van der Waals surface area contributed by atoms with E-state index in [9.17, 15) is 4.79 Å². The molecule has 3 nitrogen and oxygen atoms in total. The number of benzene rings is 1.